The number of ether oxygens (including phenoxy) is 1. The highest BCUT2D eigenvalue weighted by molar-refractivity contribution is 5.51. The lowest BCUT2D eigenvalue weighted by atomic mass is 10.1. The van der Waals surface area contributed by atoms with E-state index in [0.29, 0.717) is 6.54 Å². The minimum Gasteiger partial charge on any atom is -0.383 e. The van der Waals surface area contributed by atoms with Crippen molar-refractivity contribution < 1.29 is 9.13 Å². The maximum Gasteiger partial charge on any atom is 0.123 e. The van der Waals surface area contributed by atoms with Crippen molar-refractivity contribution in [2.75, 3.05) is 44.7 Å². The second-order valence-corrected chi connectivity index (χ2v) is 4.39. The van der Waals surface area contributed by atoms with Crippen LogP contribution in [-0.4, -0.2) is 44.3 Å². The first kappa shape index (κ1) is 13.3. The van der Waals surface area contributed by atoms with E-state index in [1.807, 2.05) is 0 Å². The van der Waals surface area contributed by atoms with Crippen molar-refractivity contribution >= 4 is 5.69 Å². The van der Waals surface area contributed by atoms with Gasteiger partial charge in [-0.2, -0.15) is 0 Å². The van der Waals surface area contributed by atoms with Crippen LogP contribution in [0.15, 0.2) is 18.2 Å². The maximum atomic E-state index is 13.0. The largest absolute Gasteiger partial charge is 0.383 e. The number of nitrogens with two attached hydrogens (primary N) is 1. The fourth-order valence-corrected chi connectivity index (χ4v) is 2.08. The Kier molecular flexibility index (Phi) is 4.92. The summed E-state index contributed by atoms with van der Waals surface area (Å²) in [5.41, 5.74) is 7.34. The first-order valence-electron chi connectivity index (χ1n) is 6.32. The molecule has 0 bridgehead atoms. The van der Waals surface area contributed by atoms with Gasteiger partial charge in [0.2, 0.25) is 0 Å². The second-order valence-electron chi connectivity index (χ2n) is 4.39. The molecule has 0 unspecified atom stereocenters. The number of anilines is 1. The molecular weight excluding hydrogens is 233 g/mol. The molecule has 3 N–H and O–H groups in total. The molecule has 18 heavy (non-hydrogen) atoms. The van der Waals surface area contributed by atoms with Gasteiger partial charge in [0.1, 0.15) is 5.82 Å². The predicted octanol–water partition coefficient (Wildman–Crippen LogP) is 1.03. The summed E-state index contributed by atoms with van der Waals surface area (Å²) in [5.74, 6) is -0.242. The van der Waals surface area contributed by atoms with E-state index in [1.54, 1.807) is 6.07 Å². The van der Waals surface area contributed by atoms with Crippen molar-refractivity contribution in [3.8, 4) is 0 Å². The van der Waals surface area contributed by atoms with Gasteiger partial charge in [-0.25, -0.2) is 4.39 Å². The summed E-state index contributed by atoms with van der Waals surface area (Å²) in [5, 5.41) is 3.31. The topological polar surface area (TPSA) is 50.5 Å². The summed E-state index contributed by atoms with van der Waals surface area (Å²) < 4.78 is 18.3. The zero-order chi connectivity index (χ0) is 12.8. The van der Waals surface area contributed by atoms with E-state index >= 15 is 0 Å². The monoisotopic (exact) mass is 253 g/mol. The summed E-state index contributed by atoms with van der Waals surface area (Å²) in [6.45, 7) is 5.72. The number of nitrogens with zero attached hydrogens (tertiary/aromatic N) is 1. The third-order valence-corrected chi connectivity index (χ3v) is 3.13. The fraction of sp³-hybridized carbons (Fsp3) is 0.538. The van der Waals surface area contributed by atoms with Crippen LogP contribution in [0.25, 0.3) is 0 Å². The van der Waals surface area contributed by atoms with Gasteiger partial charge in [-0.1, -0.05) is 0 Å². The molecule has 1 aromatic rings. The Bertz CT molecular complexity index is 380. The third kappa shape index (κ3) is 3.66. The molecule has 1 aromatic carbocycles. The van der Waals surface area contributed by atoms with Gasteiger partial charge in [0, 0.05) is 38.4 Å². The van der Waals surface area contributed by atoms with Crippen LogP contribution in [0.2, 0.25) is 0 Å². The number of morpholine rings is 1. The molecule has 0 atom stereocenters. The summed E-state index contributed by atoms with van der Waals surface area (Å²) in [6, 6.07) is 4.68. The molecule has 0 spiro atoms. The predicted molar refractivity (Wildman–Crippen MR) is 70.0 cm³/mol. The molecule has 1 aliphatic rings. The number of hydrogen-bond acceptors (Lipinski definition) is 4. The summed E-state index contributed by atoms with van der Waals surface area (Å²) in [7, 11) is 0. The normalized spacial score (nSPS) is 16.8. The molecule has 1 fully saturated rings. The van der Waals surface area contributed by atoms with Crippen LogP contribution in [-0.2, 0) is 11.3 Å². The molecule has 5 heteroatoms. The number of hydrogen-bond donors (Lipinski definition) is 2. The van der Waals surface area contributed by atoms with Crippen LogP contribution in [0, 0.1) is 5.82 Å². The summed E-state index contributed by atoms with van der Waals surface area (Å²) >= 11 is 0. The lowest BCUT2D eigenvalue weighted by Crippen LogP contribution is -2.39. The van der Waals surface area contributed by atoms with E-state index in [9.17, 15) is 4.39 Å². The van der Waals surface area contributed by atoms with Crippen molar-refractivity contribution in [3.63, 3.8) is 0 Å². The van der Waals surface area contributed by atoms with Gasteiger partial charge in [0.15, 0.2) is 0 Å². The molecule has 4 nitrogen and oxygen atoms in total. The highest BCUT2D eigenvalue weighted by atomic mass is 19.1. The molecular formula is C13H20FN3O. The van der Waals surface area contributed by atoms with Crippen molar-refractivity contribution in [2.45, 2.75) is 6.54 Å². The van der Waals surface area contributed by atoms with Crippen molar-refractivity contribution in [1.82, 2.24) is 4.90 Å². The average molecular weight is 253 g/mol. The zero-order valence-corrected chi connectivity index (χ0v) is 10.5. The Morgan fingerprint density at radius 2 is 2.11 bits per heavy atom. The minimum absolute atomic E-state index is 0.242. The molecule has 100 valence electrons. The van der Waals surface area contributed by atoms with E-state index in [-0.39, 0.29) is 5.82 Å². The van der Waals surface area contributed by atoms with Gasteiger partial charge in [-0.3, -0.25) is 4.90 Å². The summed E-state index contributed by atoms with van der Waals surface area (Å²) in [6.07, 6.45) is 0. The van der Waals surface area contributed by atoms with Gasteiger partial charge >= 0.3 is 0 Å². The first-order chi connectivity index (χ1) is 8.79. The van der Waals surface area contributed by atoms with E-state index < -0.39 is 0 Å². The van der Waals surface area contributed by atoms with Crippen LogP contribution in [0.5, 0.6) is 0 Å². The molecule has 1 heterocycles. The number of benzene rings is 1. The molecule has 2 rings (SSSR count). The van der Waals surface area contributed by atoms with E-state index in [4.69, 9.17) is 10.5 Å². The quantitative estimate of drug-likeness (QED) is 0.823. The van der Waals surface area contributed by atoms with Crippen LogP contribution >= 0.6 is 0 Å². The second kappa shape index (κ2) is 6.68. The van der Waals surface area contributed by atoms with Crippen LogP contribution in [0.1, 0.15) is 5.56 Å². The van der Waals surface area contributed by atoms with Crippen molar-refractivity contribution in [3.05, 3.63) is 29.6 Å². The van der Waals surface area contributed by atoms with Crippen molar-refractivity contribution in [2.24, 2.45) is 5.73 Å². The van der Waals surface area contributed by atoms with Gasteiger partial charge in [-0.05, 0) is 23.8 Å². The highest BCUT2D eigenvalue weighted by Gasteiger charge is 2.09. The van der Waals surface area contributed by atoms with Gasteiger partial charge < -0.3 is 15.8 Å². The first-order valence-corrected chi connectivity index (χ1v) is 6.32. The number of nitrogens with one attached hydrogen (secondary N) is 1. The Labute approximate surface area is 107 Å². The molecule has 0 aromatic heterocycles. The summed E-state index contributed by atoms with van der Waals surface area (Å²) in [4.78, 5) is 2.35. The van der Waals surface area contributed by atoms with E-state index in [0.717, 1.165) is 50.6 Å². The van der Waals surface area contributed by atoms with Crippen LogP contribution in [0.4, 0.5) is 10.1 Å². The number of halogens is 1. The molecule has 1 saturated heterocycles. The Hall–Kier alpha value is -1.17. The SMILES string of the molecule is NCc1cc(F)ccc1NCCN1CCOCC1. The maximum absolute atomic E-state index is 13.0. The lowest BCUT2D eigenvalue weighted by Gasteiger charge is -2.26. The number of rotatable bonds is 5. The third-order valence-electron chi connectivity index (χ3n) is 3.13. The van der Waals surface area contributed by atoms with Crippen LogP contribution < -0.4 is 11.1 Å². The minimum atomic E-state index is -0.242. The van der Waals surface area contributed by atoms with Crippen LogP contribution in [0.3, 0.4) is 0 Å². The smallest absolute Gasteiger partial charge is 0.123 e. The van der Waals surface area contributed by atoms with E-state index in [1.165, 1.54) is 12.1 Å². The van der Waals surface area contributed by atoms with Gasteiger partial charge in [0.05, 0.1) is 13.2 Å². The molecule has 0 aliphatic carbocycles. The molecule has 1 aliphatic heterocycles. The van der Waals surface area contributed by atoms with Crippen molar-refractivity contribution in [1.29, 1.82) is 0 Å². The molecule has 0 amide bonds. The Morgan fingerprint density at radius 3 is 2.83 bits per heavy atom. The Balaban J connectivity index is 1.82. The van der Waals surface area contributed by atoms with Gasteiger partial charge in [0.25, 0.3) is 0 Å². The molecule has 0 radical (unpaired) electrons. The van der Waals surface area contributed by atoms with Gasteiger partial charge in [-0.15, -0.1) is 0 Å². The zero-order valence-electron chi connectivity index (χ0n) is 10.5. The standard InChI is InChI=1S/C13H20FN3O/c14-12-1-2-13(11(9-12)10-15)16-3-4-17-5-7-18-8-6-17/h1-2,9,16H,3-8,10,15H2. The average Bonchev–Trinajstić information content (AvgIpc) is 2.41. The van der Waals surface area contributed by atoms with E-state index in [2.05, 4.69) is 10.2 Å². The Morgan fingerprint density at radius 1 is 1.33 bits per heavy atom. The lowest BCUT2D eigenvalue weighted by molar-refractivity contribution is 0.0398. The molecule has 0 saturated carbocycles. The fourth-order valence-electron chi connectivity index (χ4n) is 2.08. The highest BCUT2D eigenvalue weighted by Crippen LogP contribution is 2.16.